The maximum absolute atomic E-state index is 12.9. The van der Waals surface area contributed by atoms with Crippen LogP contribution in [0.25, 0.3) is 0 Å². The summed E-state index contributed by atoms with van der Waals surface area (Å²) >= 11 is 3.34. The quantitative estimate of drug-likeness (QED) is 0.851. The fourth-order valence-electron chi connectivity index (χ4n) is 1.11. The fourth-order valence-corrected chi connectivity index (χ4v) is 1.30. The number of carbonyl (C=O) groups is 1. The SMILES string of the molecule is CC(C)(CBr)CNC(=O)c1ccc(F)c(F)c1. The standard InChI is InChI=1S/C12H14BrF2NO/c1-12(2,6-13)7-16-11(17)8-3-4-9(14)10(15)5-8/h3-5H,6-7H2,1-2H3,(H,16,17). The van der Waals surface area contributed by atoms with E-state index in [0.29, 0.717) is 6.54 Å². The van der Waals surface area contributed by atoms with Crippen molar-refractivity contribution in [1.29, 1.82) is 0 Å². The summed E-state index contributed by atoms with van der Waals surface area (Å²) in [5, 5.41) is 3.41. The third-order valence-electron chi connectivity index (χ3n) is 2.27. The zero-order valence-corrected chi connectivity index (χ0v) is 11.3. The smallest absolute Gasteiger partial charge is 0.251 e. The number of halogens is 3. The van der Waals surface area contributed by atoms with Gasteiger partial charge in [0.2, 0.25) is 0 Å². The number of amides is 1. The van der Waals surface area contributed by atoms with E-state index in [0.717, 1.165) is 17.5 Å². The predicted octanol–water partition coefficient (Wildman–Crippen LogP) is 3.12. The maximum Gasteiger partial charge on any atom is 0.251 e. The monoisotopic (exact) mass is 305 g/mol. The molecule has 1 N–H and O–H groups in total. The lowest BCUT2D eigenvalue weighted by atomic mass is 9.97. The molecule has 94 valence electrons. The molecule has 1 aromatic rings. The van der Waals surface area contributed by atoms with Crippen LogP contribution in [-0.2, 0) is 0 Å². The van der Waals surface area contributed by atoms with E-state index in [1.165, 1.54) is 6.07 Å². The van der Waals surface area contributed by atoms with Crippen LogP contribution in [0.1, 0.15) is 24.2 Å². The topological polar surface area (TPSA) is 29.1 Å². The Balaban J connectivity index is 2.68. The molecule has 0 aliphatic rings. The van der Waals surface area contributed by atoms with E-state index in [9.17, 15) is 13.6 Å². The second kappa shape index (κ2) is 5.58. The lowest BCUT2D eigenvalue weighted by Crippen LogP contribution is -2.34. The minimum absolute atomic E-state index is 0.0891. The number of alkyl halides is 1. The maximum atomic E-state index is 12.9. The van der Waals surface area contributed by atoms with Gasteiger partial charge in [-0.15, -0.1) is 0 Å². The molecule has 2 nitrogen and oxygen atoms in total. The Morgan fingerprint density at radius 2 is 2.00 bits per heavy atom. The molecule has 0 bridgehead atoms. The van der Waals surface area contributed by atoms with Crippen molar-refractivity contribution in [2.24, 2.45) is 5.41 Å². The van der Waals surface area contributed by atoms with E-state index in [1.807, 2.05) is 13.8 Å². The van der Waals surface area contributed by atoms with Crippen LogP contribution in [0, 0.1) is 17.0 Å². The lowest BCUT2D eigenvalue weighted by Gasteiger charge is -2.21. The van der Waals surface area contributed by atoms with Crippen molar-refractivity contribution in [1.82, 2.24) is 5.32 Å². The van der Waals surface area contributed by atoms with Gasteiger partial charge in [0.25, 0.3) is 5.91 Å². The third kappa shape index (κ3) is 4.07. The van der Waals surface area contributed by atoms with Gasteiger partial charge in [0.05, 0.1) is 0 Å². The van der Waals surface area contributed by atoms with Crippen LogP contribution in [-0.4, -0.2) is 17.8 Å². The van der Waals surface area contributed by atoms with Gasteiger partial charge < -0.3 is 5.32 Å². The van der Waals surface area contributed by atoms with E-state index in [2.05, 4.69) is 21.2 Å². The van der Waals surface area contributed by atoms with Crippen molar-refractivity contribution >= 4 is 21.8 Å². The molecule has 0 aliphatic heterocycles. The molecular formula is C12H14BrF2NO. The minimum Gasteiger partial charge on any atom is -0.351 e. The second-order valence-electron chi connectivity index (χ2n) is 4.61. The Morgan fingerprint density at radius 1 is 1.35 bits per heavy atom. The van der Waals surface area contributed by atoms with E-state index < -0.39 is 17.5 Å². The molecule has 0 unspecified atom stereocenters. The van der Waals surface area contributed by atoms with Crippen LogP contribution in [0.15, 0.2) is 18.2 Å². The number of benzene rings is 1. The zero-order valence-electron chi connectivity index (χ0n) is 9.69. The van der Waals surface area contributed by atoms with Crippen molar-refractivity contribution in [2.45, 2.75) is 13.8 Å². The van der Waals surface area contributed by atoms with Gasteiger partial charge in [0.1, 0.15) is 0 Å². The Labute approximate surface area is 108 Å². The van der Waals surface area contributed by atoms with Gasteiger partial charge in [0, 0.05) is 17.4 Å². The largest absolute Gasteiger partial charge is 0.351 e. The molecule has 1 rings (SSSR count). The average molecular weight is 306 g/mol. The van der Waals surface area contributed by atoms with Gasteiger partial charge in [-0.2, -0.15) is 0 Å². The molecule has 0 saturated carbocycles. The molecule has 0 radical (unpaired) electrons. The Hall–Kier alpha value is -0.970. The molecule has 0 aliphatic carbocycles. The van der Waals surface area contributed by atoms with Crippen LogP contribution >= 0.6 is 15.9 Å². The number of rotatable bonds is 4. The molecule has 1 amide bonds. The summed E-state index contributed by atoms with van der Waals surface area (Å²) in [5.74, 6) is -2.38. The molecule has 5 heteroatoms. The first-order chi connectivity index (χ1) is 7.85. The van der Waals surface area contributed by atoms with Crippen molar-refractivity contribution in [2.75, 3.05) is 11.9 Å². The average Bonchev–Trinajstić information content (AvgIpc) is 2.30. The first-order valence-corrected chi connectivity index (χ1v) is 6.27. The summed E-state index contributed by atoms with van der Waals surface area (Å²) in [6, 6.07) is 3.10. The molecule has 0 heterocycles. The van der Waals surface area contributed by atoms with Crippen molar-refractivity contribution < 1.29 is 13.6 Å². The summed E-state index contributed by atoms with van der Waals surface area (Å²) in [4.78, 5) is 11.7. The Bertz CT molecular complexity index is 421. The van der Waals surface area contributed by atoms with Crippen molar-refractivity contribution in [3.8, 4) is 0 Å². The lowest BCUT2D eigenvalue weighted by molar-refractivity contribution is 0.0939. The number of nitrogens with one attached hydrogen (secondary N) is 1. The molecule has 17 heavy (non-hydrogen) atoms. The highest BCUT2D eigenvalue weighted by Crippen LogP contribution is 2.16. The summed E-state index contributed by atoms with van der Waals surface area (Å²) < 4.78 is 25.6. The first-order valence-electron chi connectivity index (χ1n) is 5.15. The van der Waals surface area contributed by atoms with E-state index in [-0.39, 0.29) is 11.0 Å². The highest BCUT2D eigenvalue weighted by atomic mass is 79.9. The van der Waals surface area contributed by atoms with Gasteiger partial charge in [-0.25, -0.2) is 8.78 Å². The second-order valence-corrected chi connectivity index (χ2v) is 5.17. The van der Waals surface area contributed by atoms with E-state index in [4.69, 9.17) is 0 Å². The third-order valence-corrected chi connectivity index (χ3v) is 3.79. The molecule has 0 spiro atoms. The van der Waals surface area contributed by atoms with Gasteiger partial charge in [-0.3, -0.25) is 4.79 Å². The van der Waals surface area contributed by atoms with Crippen LogP contribution in [0.3, 0.4) is 0 Å². The van der Waals surface area contributed by atoms with Crippen LogP contribution in [0.4, 0.5) is 8.78 Å². The number of carbonyl (C=O) groups excluding carboxylic acids is 1. The van der Waals surface area contributed by atoms with Crippen LogP contribution in [0.2, 0.25) is 0 Å². The summed E-state index contributed by atoms with van der Waals surface area (Å²) in [5.41, 5.74) is 0.0306. The van der Waals surface area contributed by atoms with E-state index >= 15 is 0 Å². The fraction of sp³-hybridized carbons (Fsp3) is 0.417. The number of hydrogen-bond acceptors (Lipinski definition) is 1. The molecule has 0 aromatic heterocycles. The molecule has 1 aromatic carbocycles. The molecule has 0 atom stereocenters. The highest BCUT2D eigenvalue weighted by molar-refractivity contribution is 9.09. The number of hydrogen-bond donors (Lipinski definition) is 1. The van der Waals surface area contributed by atoms with Crippen molar-refractivity contribution in [3.63, 3.8) is 0 Å². The van der Waals surface area contributed by atoms with Crippen LogP contribution < -0.4 is 5.32 Å². The summed E-state index contributed by atoms with van der Waals surface area (Å²) in [6.07, 6.45) is 0. The van der Waals surface area contributed by atoms with Crippen molar-refractivity contribution in [3.05, 3.63) is 35.4 Å². The normalized spacial score (nSPS) is 11.4. The summed E-state index contributed by atoms with van der Waals surface area (Å²) in [7, 11) is 0. The Morgan fingerprint density at radius 3 is 2.53 bits per heavy atom. The van der Waals surface area contributed by atoms with E-state index in [1.54, 1.807) is 0 Å². The minimum atomic E-state index is -1.02. The van der Waals surface area contributed by atoms with Gasteiger partial charge in [-0.1, -0.05) is 29.8 Å². The Kier molecular flexibility index (Phi) is 4.62. The zero-order chi connectivity index (χ0) is 13.1. The predicted molar refractivity (Wildman–Crippen MR) is 66.3 cm³/mol. The molecule has 0 fully saturated rings. The van der Waals surface area contributed by atoms with Crippen LogP contribution in [0.5, 0.6) is 0 Å². The molecular weight excluding hydrogens is 292 g/mol. The summed E-state index contributed by atoms with van der Waals surface area (Å²) in [6.45, 7) is 4.41. The van der Waals surface area contributed by atoms with Gasteiger partial charge in [-0.05, 0) is 23.6 Å². The highest BCUT2D eigenvalue weighted by Gasteiger charge is 2.18. The first kappa shape index (κ1) is 14.1. The van der Waals surface area contributed by atoms with Gasteiger partial charge >= 0.3 is 0 Å². The molecule has 0 saturated heterocycles. The van der Waals surface area contributed by atoms with Gasteiger partial charge in [0.15, 0.2) is 11.6 Å².